The maximum absolute atomic E-state index is 12.8. The predicted molar refractivity (Wildman–Crippen MR) is 73.2 cm³/mol. The molecule has 1 aliphatic rings. The maximum atomic E-state index is 12.8. The van der Waals surface area contributed by atoms with Gasteiger partial charge < -0.3 is 10.2 Å². The molecule has 100 valence electrons. The van der Waals surface area contributed by atoms with Crippen molar-refractivity contribution in [3.05, 3.63) is 35.6 Å². The fraction of sp³-hybridized carbons (Fsp3) is 0.600. The van der Waals surface area contributed by atoms with Crippen LogP contribution in [-0.2, 0) is 6.42 Å². The van der Waals surface area contributed by atoms with Crippen molar-refractivity contribution in [2.24, 2.45) is 0 Å². The molecule has 1 heterocycles. The number of nitrogens with zero attached hydrogens (tertiary/aromatic N) is 1. The lowest BCUT2D eigenvalue weighted by atomic mass is 10.1. The molecule has 1 aliphatic heterocycles. The monoisotopic (exact) mass is 250 g/mol. The fourth-order valence-corrected chi connectivity index (χ4v) is 2.49. The Kier molecular flexibility index (Phi) is 5.14. The molecule has 3 heteroatoms. The summed E-state index contributed by atoms with van der Waals surface area (Å²) < 4.78 is 12.8. The van der Waals surface area contributed by atoms with Crippen LogP contribution in [0.5, 0.6) is 0 Å². The summed E-state index contributed by atoms with van der Waals surface area (Å²) in [6.07, 6.45) is 3.42. The number of rotatable bonds is 4. The minimum Gasteiger partial charge on any atom is -0.313 e. The largest absolute Gasteiger partial charge is 0.313 e. The molecule has 0 saturated carbocycles. The van der Waals surface area contributed by atoms with Gasteiger partial charge in [0.15, 0.2) is 0 Å². The van der Waals surface area contributed by atoms with Crippen molar-refractivity contribution in [2.75, 3.05) is 26.2 Å². The van der Waals surface area contributed by atoms with E-state index < -0.39 is 0 Å². The third kappa shape index (κ3) is 4.07. The van der Waals surface area contributed by atoms with E-state index in [-0.39, 0.29) is 5.82 Å². The predicted octanol–water partition coefficient (Wildman–Crippen LogP) is 2.44. The standard InChI is InChI=1S/C15H23FN2/c1-2-15-12-18(10-3-9-17-15)11-8-13-4-6-14(16)7-5-13/h4-7,15,17H,2-3,8-12H2,1H3. The first-order valence-electron chi connectivity index (χ1n) is 6.98. The van der Waals surface area contributed by atoms with E-state index >= 15 is 0 Å². The van der Waals surface area contributed by atoms with Gasteiger partial charge in [-0.05, 0) is 50.0 Å². The van der Waals surface area contributed by atoms with Crippen LogP contribution in [0.4, 0.5) is 4.39 Å². The van der Waals surface area contributed by atoms with Crippen molar-refractivity contribution < 1.29 is 4.39 Å². The van der Waals surface area contributed by atoms with Crippen LogP contribution in [0.1, 0.15) is 25.3 Å². The highest BCUT2D eigenvalue weighted by molar-refractivity contribution is 5.16. The zero-order chi connectivity index (χ0) is 12.8. The van der Waals surface area contributed by atoms with Crippen molar-refractivity contribution in [1.29, 1.82) is 0 Å². The molecule has 1 saturated heterocycles. The SMILES string of the molecule is CCC1CN(CCc2ccc(F)cc2)CCCN1. The van der Waals surface area contributed by atoms with Crippen molar-refractivity contribution in [3.8, 4) is 0 Å². The lowest BCUT2D eigenvalue weighted by molar-refractivity contribution is 0.268. The second-order valence-electron chi connectivity index (χ2n) is 5.09. The number of halogens is 1. The molecule has 1 aromatic rings. The van der Waals surface area contributed by atoms with Crippen LogP contribution in [0.3, 0.4) is 0 Å². The Bertz CT molecular complexity index is 350. The average molecular weight is 250 g/mol. The van der Waals surface area contributed by atoms with E-state index in [1.54, 1.807) is 12.1 Å². The van der Waals surface area contributed by atoms with Crippen LogP contribution < -0.4 is 5.32 Å². The minimum atomic E-state index is -0.149. The van der Waals surface area contributed by atoms with E-state index in [9.17, 15) is 4.39 Å². The Morgan fingerprint density at radius 2 is 2.11 bits per heavy atom. The van der Waals surface area contributed by atoms with Gasteiger partial charge in [0.2, 0.25) is 0 Å². The summed E-state index contributed by atoms with van der Waals surface area (Å²) in [5.74, 6) is -0.149. The van der Waals surface area contributed by atoms with Crippen LogP contribution in [0, 0.1) is 5.82 Å². The smallest absolute Gasteiger partial charge is 0.123 e. The molecule has 0 radical (unpaired) electrons. The Labute approximate surface area is 109 Å². The van der Waals surface area contributed by atoms with Crippen molar-refractivity contribution in [3.63, 3.8) is 0 Å². The van der Waals surface area contributed by atoms with Gasteiger partial charge in [0.05, 0.1) is 0 Å². The van der Waals surface area contributed by atoms with Gasteiger partial charge in [-0.15, -0.1) is 0 Å². The highest BCUT2D eigenvalue weighted by Crippen LogP contribution is 2.07. The normalized spacial score (nSPS) is 21.8. The molecule has 1 N–H and O–H groups in total. The molecule has 0 aliphatic carbocycles. The molecule has 2 nitrogen and oxygen atoms in total. The second-order valence-corrected chi connectivity index (χ2v) is 5.09. The van der Waals surface area contributed by atoms with Gasteiger partial charge in [0.1, 0.15) is 5.82 Å². The molecule has 0 amide bonds. The summed E-state index contributed by atoms with van der Waals surface area (Å²) in [4.78, 5) is 2.53. The lowest BCUT2D eigenvalue weighted by Gasteiger charge is -2.23. The Morgan fingerprint density at radius 3 is 2.83 bits per heavy atom. The highest BCUT2D eigenvalue weighted by Gasteiger charge is 2.15. The van der Waals surface area contributed by atoms with Crippen LogP contribution in [-0.4, -0.2) is 37.1 Å². The number of hydrogen-bond acceptors (Lipinski definition) is 2. The van der Waals surface area contributed by atoms with E-state index in [2.05, 4.69) is 17.1 Å². The molecule has 0 spiro atoms. The first kappa shape index (κ1) is 13.5. The van der Waals surface area contributed by atoms with Gasteiger partial charge >= 0.3 is 0 Å². The summed E-state index contributed by atoms with van der Waals surface area (Å²) in [6, 6.07) is 7.51. The van der Waals surface area contributed by atoms with Gasteiger partial charge in [-0.2, -0.15) is 0 Å². The van der Waals surface area contributed by atoms with Crippen LogP contribution in [0.15, 0.2) is 24.3 Å². The summed E-state index contributed by atoms with van der Waals surface area (Å²) >= 11 is 0. The molecule has 2 rings (SSSR count). The van der Waals surface area contributed by atoms with Crippen molar-refractivity contribution in [1.82, 2.24) is 10.2 Å². The minimum absolute atomic E-state index is 0.149. The Balaban J connectivity index is 1.83. The molecule has 18 heavy (non-hydrogen) atoms. The Morgan fingerprint density at radius 1 is 1.33 bits per heavy atom. The Hall–Kier alpha value is -0.930. The summed E-state index contributed by atoms with van der Waals surface area (Å²) in [7, 11) is 0. The van der Waals surface area contributed by atoms with E-state index in [0.717, 1.165) is 26.1 Å². The lowest BCUT2D eigenvalue weighted by Crippen LogP contribution is -2.37. The van der Waals surface area contributed by atoms with Crippen LogP contribution in [0.2, 0.25) is 0 Å². The van der Waals surface area contributed by atoms with Gasteiger partial charge in [-0.3, -0.25) is 0 Å². The molecule has 1 unspecified atom stereocenters. The van der Waals surface area contributed by atoms with Gasteiger partial charge in [0, 0.05) is 19.1 Å². The van der Waals surface area contributed by atoms with Crippen LogP contribution in [0.25, 0.3) is 0 Å². The molecular formula is C15H23FN2. The van der Waals surface area contributed by atoms with Gasteiger partial charge in [-0.1, -0.05) is 19.1 Å². The third-order valence-corrected chi connectivity index (χ3v) is 3.69. The van der Waals surface area contributed by atoms with Gasteiger partial charge in [0.25, 0.3) is 0 Å². The fourth-order valence-electron chi connectivity index (χ4n) is 2.49. The van der Waals surface area contributed by atoms with Crippen molar-refractivity contribution in [2.45, 2.75) is 32.2 Å². The molecule has 1 atom stereocenters. The highest BCUT2D eigenvalue weighted by atomic mass is 19.1. The summed E-state index contributed by atoms with van der Waals surface area (Å²) in [5.41, 5.74) is 1.22. The number of benzene rings is 1. The van der Waals surface area contributed by atoms with Crippen LogP contribution >= 0.6 is 0 Å². The van der Waals surface area contributed by atoms with Crippen molar-refractivity contribution >= 4 is 0 Å². The molecule has 0 aromatic heterocycles. The zero-order valence-electron chi connectivity index (χ0n) is 11.2. The second kappa shape index (κ2) is 6.86. The number of nitrogens with one attached hydrogen (secondary N) is 1. The van der Waals surface area contributed by atoms with E-state index in [4.69, 9.17) is 0 Å². The molecule has 1 fully saturated rings. The first-order chi connectivity index (χ1) is 8.78. The third-order valence-electron chi connectivity index (χ3n) is 3.69. The summed E-state index contributed by atoms with van der Waals surface area (Å²) in [6.45, 7) is 6.75. The molecule has 1 aromatic carbocycles. The maximum Gasteiger partial charge on any atom is 0.123 e. The van der Waals surface area contributed by atoms with Gasteiger partial charge in [-0.25, -0.2) is 4.39 Å². The molecular weight excluding hydrogens is 227 g/mol. The topological polar surface area (TPSA) is 15.3 Å². The first-order valence-corrected chi connectivity index (χ1v) is 6.98. The summed E-state index contributed by atoms with van der Waals surface area (Å²) in [5, 5.41) is 3.58. The number of hydrogen-bond donors (Lipinski definition) is 1. The van der Waals surface area contributed by atoms with E-state index in [1.807, 2.05) is 12.1 Å². The quantitative estimate of drug-likeness (QED) is 0.883. The zero-order valence-corrected chi connectivity index (χ0v) is 11.2. The average Bonchev–Trinajstić information content (AvgIpc) is 2.63. The van der Waals surface area contributed by atoms with E-state index in [0.29, 0.717) is 6.04 Å². The van der Waals surface area contributed by atoms with E-state index in [1.165, 1.54) is 24.9 Å². The molecule has 0 bridgehead atoms.